The molecule has 3 rings (SSSR count). The Balaban J connectivity index is 1.95. The lowest BCUT2D eigenvalue weighted by Gasteiger charge is -2.06. The first-order chi connectivity index (χ1) is 10.3. The smallest absolute Gasteiger partial charge is 0.231 e. The highest BCUT2D eigenvalue weighted by atomic mass is 35.5. The maximum Gasteiger partial charge on any atom is 0.231 e. The van der Waals surface area contributed by atoms with Crippen LogP contribution in [0.1, 0.15) is 19.8 Å². The van der Waals surface area contributed by atoms with Crippen molar-refractivity contribution in [3.8, 4) is 17.1 Å². The van der Waals surface area contributed by atoms with Gasteiger partial charge in [0.1, 0.15) is 0 Å². The van der Waals surface area contributed by atoms with Crippen molar-refractivity contribution in [1.82, 2.24) is 14.6 Å². The minimum Gasteiger partial charge on any atom is -0.477 e. The van der Waals surface area contributed by atoms with Gasteiger partial charge in [0.25, 0.3) is 0 Å². The molecule has 0 saturated heterocycles. The second kappa shape index (κ2) is 6.14. The van der Waals surface area contributed by atoms with Crippen LogP contribution in [0.3, 0.4) is 0 Å². The lowest BCUT2D eigenvalue weighted by Crippen LogP contribution is -2.02. The van der Waals surface area contributed by atoms with Crippen molar-refractivity contribution in [2.75, 3.05) is 6.61 Å². The second-order valence-electron chi connectivity index (χ2n) is 4.79. The fraction of sp³-hybridized carbons (Fsp3) is 0.250. The number of ether oxygens (including phenoxy) is 1. The second-order valence-corrected chi connectivity index (χ2v) is 5.23. The SMILES string of the molecule is CCCCOc1ccc2ncc(-c3ccc(Cl)cc3)n2n1. The Morgan fingerprint density at radius 2 is 1.95 bits per heavy atom. The lowest BCUT2D eigenvalue weighted by molar-refractivity contribution is 0.293. The number of nitrogens with zero attached hydrogens (tertiary/aromatic N) is 3. The van der Waals surface area contributed by atoms with Crippen LogP contribution >= 0.6 is 11.6 Å². The van der Waals surface area contributed by atoms with Gasteiger partial charge in [-0.2, -0.15) is 0 Å². The Bertz CT molecular complexity index is 737. The first kappa shape index (κ1) is 13.9. The van der Waals surface area contributed by atoms with E-state index in [-0.39, 0.29) is 0 Å². The molecule has 0 aliphatic carbocycles. The number of benzene rings is 1. The van der Waals surface area contributed by atoms with E-state index in [1.54, 1.807) is 10.7 Å². The van der Waals surface area contributed by atoms with Crippen LogP contribution in [0.5, 0.6) is 5.88 Å². The molecule has 2 heterocycles. The van der Waals surface area contributed by atoms with Crippen LogP contribution in [-0.2, 0) is 0 Å². The molecule has 4 nitrogen and oxygen atoms in total. The molecule has 21 heavy (non-hydrogen) atoms. The van der Waals surface area contributed by atoms with Crippen molar-refractivity contribution in [2.45, 2.75) is 19.8 Å². The van der Waals surface area contributed by atoms with Crippen LogP contribution in [0.15, 0.2) is 42.6 Å². The van der Waals surface area contributed by atoms with Crippen LogP contribution in [0.2, 0.25) is 5.02 Å². The molecule has 0 saturated carbocycles. The standard InChI is InChI=1S/C16H16ClN3O/c1-2-3-10-21-16-9-8-15-18-11-14(20(15)19-16)12-4-6-13(17)7-5-12/h4-9,11H,2-3,10H2,1H3. The van der Waals surface area contributed by atoms with Gasteiger partial charge in [-0.15, -0.1) is 5.10 Å². The normalized spacial score (nSPS) is 11.0. The fourth-order valence-corrected chi connectivity index (χ4v) is 2.20. The lowest BCUT2D eigenvalue weighted by atomic mass is 10.2. The quantitative estimate of drug-likeness (QED) is 0.662. The average molecular weight is 302 g/mol. The molecule has 0 fully saturated rings. The molecule has 0 bridgehead atoms. The van der Waals surface area contributed by atoms with Gasteiger partial charge in [-0.1, -0.05) is 37.1 Å². The van der Waals surface area contributed by atoms with Crippen molar-refractivity contribution in [2.24, 2.45) is 0 Å². The predicted octanol–water partition coefficient (Wildman–Crippen LogP) is 4.23. The van der Waals surface area contributed by atoms with Gasteiger partial charge in [-0.05, 0) is 24.6 Å². The number of hydrogen-bond acceptors (Lipinski definition) is 3. The Morgan fingerprint density at radius 3 is 2.71 bits per heavy atom. The number of halogens is 1. The van der Waals surface area contributed by atoms with E-state index < -0.39 is 0 Å². The minimum atomic E-state index is 0.615. The first-order valence-corrected chi connectivity index (χ1v) is 7.39. The van der Waals surface area contributed by atoms with E-state index in [4.69, 9.17) is 16.3 Å². The van der Waals surface area contributed by atoms with Gasteiger partial charge in [-0.3, -0.25) is 0 Å². The van der Waals surface area contributed by atoms with E-state index in [1.165, 1.54) is 0 Å². The summed E-state index contributed by atoms with van der Waals surface area (Å²) in [6.07, 6.45) is 3.93. The molecule has 3 aromatic rings. The summed E-state index contributed by atoms with van der Waals surface area (Å²) >= 11 is 5.93. The molecular weight excluding hydrogens is 286 g/mol. The van der Waals surface area contributed by atoms with Gasteiger partial charge in [0.2, 0.25) is 5.88 Å². The Hall–Kier alpha value is -2.07. The molecule has 0 spiro atoms. The van der Waals surface area contributed by atoms with Crippen LogP contribution in [0.25, 0.3) is 16.9 Å². The molecule has 5 heteroatoms. The van der Waals surface area contributed by atoms with Crippen molar-refractivity contribution in [3.05, 3.63) is 47.6 Å². The highest BCUT2D eigenvalue weighted by Crippen LogP contribution is 2.23. The van der Waals surface area contributed by atoms with Gasteiger partial charge in [0.05, 0.1) is 18.5 Å². The van der Waals surface area contributed by atoms with Crippen molar-refractivity contribution < 1.29 is 4.74 Å². The summed E-state index contributed by atoms with van der Waals surface area (Å²) in [6, 6.07) is 11.4. The summed E-state index contributed by atoms with van der Waals surface area (Å²) in [5.41, 5.74) is 2.73. The summed E-state index contributed by atoms with van der Waals surface area (Å²) in [5, 5.41) is 5.22. The number of rotatable bonds is 5. The maximum atomic E-state index is 5.93. The molecule has 0 atom stereocenters. The molecule has 0 N–H and O–H groups in total. The largest absolute Gasteiger partial charge is 0.477 e. The van der Waals surface area contributed by atoms with Crippen LogP contribution in [0, 0.1) is 0 Å². The van der Waals surface area contributed by atoms with E-state index in [0.29, 0.717) is 17.5 Å². The van der Waals surface area contributed by atoms with Gasteiger partial charge < -0.3 is 4.74 Å². The molecule has 1 aromatic carbocycles. The molecule has 0 amide bonds. The van der Waals surface area contributed by atoms with Crippen LogP contribution in [-0.4, -0.2) is 21.2 Å². The molecule has 0 unspecified atom stereocenters. The molecule has 0 aliphatic heterocycles. The third kappa shape index (κ3) is 3.00. The molecule has 0 aliphatic rings. The molecule has 108 valence electrons. The van der Waals surface area contributed by atoms with Gasteiger partial charge in [0, 0.05) is 16.7 Å². The van der Waals surface area contributed by atoms with Crippen molar-refractivity contribution in [3.63, 3.8) is 0 Å². The van der Waals surface area contributed by atoms with Gasteiger partial charge in [0.15, 0.2) is 5.65 Å². The van der Waals surface area contributed by atoms with Crippen LogP contribution < -0.4 is 4.74 Å². The number of imidazole rings is 1. The summed E-state index contributed by atoms with van der Waals surface area (Å²) in [4.78, 5) is 4.37. The first-order valence-electron chi connectivity index (χ1n) is 7.01. The third-order valence-corrected chi connectivity index (χ3v) is 3.48. The summed E-state index contributed by atoms with van der Waals surface area (Å²) in [7, 11) is 0. The monoisotopic (exact) mass is 301 g/mol. The summed E-state index contributed by atoms with van der Waals surface area (Å²) in [5.74, 6) is 0.615. The third-order valence-electron chi connectivity index (χ3n) is 3.23. The zero-order valence-electron chi connectivity index (χ0n) is 11.8. The van der Waals surface area contributed by atoms with E-state index in [0.717, 1.165) is 29.7 Å². The van der Waals surface area contributed by atoms with Crippen LogP contribution in [0.4, 0.5) is 0 Å². The van der Waals surface area contributed by atoms with Crippen molar-refractivity contribution in [1.29, 1.82) is 0 Å². The van der Waals surface area contributed by atoms with E-state index in [1.807, 2.05) is 36.4 Å². The minimum absolute atomic E-state index is 0.615. The van der Waals surface area contributed by atoms with Gasteiger partial charge in [-0.25, -0.2) is 9.50 Å². The Morgan fingerprint density at radius 1 is 1.14 bits per heavy atom. The molecular formula is C16H16ClN3O. The topological polar surface area (TPSA) is 39.4 Å². The zero-order chi connectivity index (χ0) is 14.7. The fourth-order valence-electron chi connectivity index (χ4n) is 2.07. The highest BCUT2D eigenvalue weighted by molar-refractivity contribution is 6.30. The van der Waals surface area contributed by atoms with Crippen molar-refractivity contribution >= 4 is 17.2 Å². The number of fused-ring (bicyclic) bond motifs is 1. The summed E-state index contributed by atoms with van der Waals surface area (Å²) in [6.45, 7) is 2.81. The van der Waals surface area contributed by atoms with E-state index >= 15 is 0 Å². The van der Waals surface area contributed by atoms with E-state index in [9.17, 15) is 0 Å². The summed E-state index contributed by atoms with van der Waals surface area (Å²) < 4.78 is 7.45. The Kier molecular flexibility index (Phi) is 4.06. The van der Waals surface area contributed by atoms with E-state index in [2.05, 4.69) is 17.0 Å². The molecule has 0 radical (unpaired) electrons. The average Bonchev–Trinajstić information content (AvgIpc) is 2.92. The zero-order valence-corrected chi connectivity index (χ0v) is 12.5. The number of aromatic nitrogens is 3. The Labute approximate surface area is 128 Å². The number of unbranched alkanes of at least 4 members (excludes halogenated alkanes) is 1. The van der Waals surface area contributed by atoms with Gasteiger partial charge >= 0.3 is 0 Å². The molecule has 2 aromatic heterocycles. The highest BCUT2D eigenvalue weighted by Gasteiger charge is 2.08. The predicted molar refractivity (Wildman–Crippen MR) is 83.8 cm³/mol. The maximum absolute atomic E-state index is 5.93. The number of hydrogen-bond donors (Lipinski definition) is 0.